The van der Waals surface area contributed by atoms with Gasteiger partial charge >= 0.3 is 0 Å². The van der Waals surface area contributed by atoms with E-state index < -0.39 is 26.6 Å². The summed E-state index contributed by atoms with van der Waals surface area (Å²) in [4.78, 5) is 25.2. The number of hydrogen-bond acceptors (Lipinski definition) is 6. The zero-order valence-corrected chi connectivity index (χ0v) is 37.3. The van der Waals surface area contributed by atoms with E-state index in [2.05, 4.69) is 55.6 Å². The largest absolute Gasteiger partial charge is 0.756 e. The summed E-state index contributed by atoms with van der Waals surface area (Å²) in [6.07, 6.45) is 47.4. The maximum absolute atomic E-state index is 12.8. The van der Waals surface area contributed by atoms with E-state index in [1.165, 1.54) is 109 Å². The van der Waals surface area contributed by atoms with Crippen LogP contribution in [0.5, 0.6) is 0 Å². The molecule has 322 valence electrons. The van der Waals surface area contributed by atoms with Crippen LogP contribution in [-0.2, 0) is 18.4 Å². The molecule has 0 radical (unpaired) electrons. The van der Waals surface area contributed by atoms with Crippen molar-refractivity contribution in [2.45, 2.75) is 199 Å². The monoisotopic (exact) mass is 795 g/mol. The molecule has 3 atom stereocenters. The highest BCUT2D eigenvalue weighted by molar-refractivity contribution is 7.45. The number of hydrogen-bond donors (Lipinski definition) is 2. The van der Waals surface area contributed by atoms with E-state index in [9.17, 15) is 19.4 Å². The van der Waals surface area contributed by atoms with Crippen molar-refractivity contribution in [3.05, 3.63) is 48.6 Å². The minimum absolute atomic E-state index is 0.00964. The molecule has 1 amide bonds. The number of allylic oxidation sites excluding steroid dienone is 7. The minimum Gasteiger partial charge on any atom is -0.756 e. The third-order valence-electron chi connectivity index (χ3n) is 9.76. The molecule has 55 heavy (non-hydrogen) atoms. The van der Waals surface area contributed by atoms with Crippen molar-refractivity contribution in [3.8, 4) is 0 Å². The van der Waals surface area contributed by atoms with E-state index >= 15 is 0 Å². The summed E-state index contributed by atoms with van der Waals surface area (Å²) >= 11 is 0. The summed E-state index contributed by atoms with van der Waals surface area (Å²) in [6.45, 7) is 4.57. The Morgan fingerprint density at radius 2 is 1.07 bits per heavy atom. The number of likely N-dealkylation sites (N-methyl/N-ethyl adjacent to an activating group) is 1. The van der Waals surface area contributed by atoms with Crippen LogP contribution in [0.25, 0.3) is 0 Å². The molecule has 2 N–H and O–H groups in total. The van der Waals surface area contributed by atoms with Crippen molar-refractivity contribution < 1.29 is 32.9 Å². The van der Waals surface area contributed by atoms with Gasteiger partial charge in [-0.25, -0.2) is 0 Å². The van der Waals surface area contributed by atoms with E-state index in [-0.39, 0.29) is 12.5 Å². The molecule has 0 fully saturated rings. The van der Waals surface area contributed by atoms with Crippen molar-refractivity contribution in [2.75, 3.05) is 40.9 Å². The molecule has 0 aromatic heterocycles. The lowest BCUT2D eigenvalue weighted by Gasteiger charge is -2.29. The Bertz CT molecular complexity index is 1040. The van der Waals surface area contributed by atoms with Crippen LogP contribution in [-0.4, -0.2) is 68.5 Å². The van der Waals surface area contributed by atoms with Gasteiger partial charge in [0, 0.05) is 6.42 Å². The fourth-order valence-corrected chi connectivity index (χ4v) is 6.86. The molecule has 0 heterocycles. The lowest BCUT2D eigenvalue weighted by atomic mass is 10.1. The summed E-state index contributed by atoms with van der Waals surface area (Å²) in [6, 6.07) is -0.906. The van der Waals surface area contributed by atoms with Crippen LogP contribution in [0.15, 0.2) is 48.6 Å². The smallest absolute Gasteiger partial charge is 0.268 e. The Labute approximate surface area is 339 Å². The third kappa shape index (κ3) is 40.5. The van der Waals surface area contributed by atoms with Crippen LogP contribution in [0.3, 0.4) is 0 Å². The predicted molar refractivity (Wildman–Crippen MR) is 233 cm³/mol. The number of phosphoric acid groups is 1. The second kappa shape index (κ2) is 38.0. The third-order valence-corrected chi connectivity index (χ3v) is 10.7. The van der Waals surface area contributed by atoms with Gasteiger partial charge in [-0.3, -0.25) is 9.36 Å². The van der Waals surface area contributed by atoms with Crippen LogP contribution < -0.4 is 10.2 Å². The van der Waals surface area contributed by atoms with Crippen LogP contribution in [0.1, 0.15) is 187 Å². The number of aliphatic hydroxyl groups is 1. The number of unbranched alkanes of at least 4 members (excludes halogenated alkanes) is 21. The fraction of sp³-hybridized carbons (Fsp3) is 0.804. The Morgan fingerprint density at radius 3 is 1.60 bits per heavy atom. The van der Waals surface area contributed by atoms with Gasteiger partial charge in [0.05, 0.1) is 39.9 Å². The zero-order chi connectivity index (χ0) is 40.7. The van der Waals surface area contributed by atoms with E-state index in [4.69, 9.17) is 9.05 Å². The summed E-state index contributed by atoms with van der Waals surface area (Å²) in [5.74, 6) is -0.219. The quantitative estimate of drug-likeness (QED) is 0.0277. The number of aliphatic hydroxyl groups excluding tert-OH is 1. The highest BCUT2D eigenvalue weighted by Gasteiger charge is 2.23. The number of amides is 1. The zero-order valence-electron chi connectivity index (χ0n) is 36.4. The molecule has 9 heteroatoms. The predicted octanol–water partition coefficient (Wildman–Crippen LogP) is 11.8. The molecule has 0 aliphatic carbocycles. The van der Waals surface area contributed by atoms with Crippen LogP contribution in [0, 0.1) is 0 Å². The van der Waals surface area contributed by atoms with Crippen molar-refractivity contribution in [1.82, 2.24) is 5.32 Å². The van der Waals surface area contributed by atoms with Crippen molar-refractivity contribution in [1.29, 1.82) is 0 Å². The average molecular weight is 795 g/mol. The van der Waals surface area contributed by atoms with Crippen molar-refractivity contribution in [3.63, 3.8) is 0 Å². The summed E-state index contributed by atoms with van der Waals surface area (Å²) < 4.78 is 23.1. The lowest BCUT2D eigenvalue weighted by Crippen LogP contribution is -2.45. The van der Waals surface area contributed by atoms with Gasteiger partial charge in [0.1, 0.15) is 13.2 Å². The molecule has 8 nitrogen and oxygen atoms in total. The first-order valence-electron chi connectivity index (χ1n) is 22.5. The van der Waals surface area contributed by atoms with Gasteiger partial charge in [-0.1, -0.05) is 165 Å². The van der Waals surface area contributed by atoms with Gasteiger partial charge < -0.3 is 28.8 Å². The van der Waals surface area contributed by atoms with E-state index in [0.29, 0.717) is 17.4 Å². The Morgan fingerprint density at radius 1 is 0.636 bits per heavy atom. The molecule has 0 saturated heterocycles. The van der Waals surface area contributed by atoms with Crippen LogP contribution >= 0.6 is 7.82 Å². The van der Waals surface area contributed by atoms with Gasteiger partial charge in [0.2, 0.25) is 5.91 Å². The van der Waals surface area contributed by atoms with Gasteiger partial charge in [-0.15, -0.1) is 0 Å². The molecule has 3 unspecified atom stereocenters. The van der Waals surface area contributed by atoms with Crippen molar-refractivity contribution in [2.24, 2.45) is 0 Å². The van der Waals surface area contributed by atoms with Gasteiger partial charge in [0.15, 0.2) is 0 Å². The van der Waals surface area contributed by atoms with E-state index in [1.54, 1.807) is 6.08 Å². The number of rotatable bonds is 40. The second-order valence-electron chi connectivity index (χ2n) is 16.4. The van der Waals surface area contributed by atoms with Gasteiger partial charge in [0.25, 0.3) is 7.82 Å². The second-order valence-corrected chi connectivity index (χ2v) is 17.8. The topological polar surface area (TPSA) is 108 Å². The Kier molecular flexibility index (Phi) is 36.9. The maximum Gasteiger partial charge on any atom is 0.268 e. The molecule has 0 bridgehead atoms. The highest BCUT2D eigenvalue weighted by Crippen LogP contribution is 2.38. The molecule has 0 aromatic carbocycles. The molecular weight excluding hydrogens is 707 g/mol. The van der Waals surface area contributed by atoms with Gasteiger partial charge in [-0.2, -0.15) is 0 Å². The van der Waals surface area contributed by atoms with Crippen LogP contribution in [0.4, 0.5) is 0 Å². The number of phosphoric ester groups is 1. The first kappa shape index (κ1) is 53.5. The molecule has 0 rings (SSSR count). The fourth-order valence-electron chi connectivity index (χ4n) is 6.14. The number of nitrogens with zero attached hydrogens (tertiary/aromatic N) is 1. The number of quaternary nitrogens is 1. The van der Waals surface area contributed by atoms with E-state index in [1.807, 2.05) is 27.2 Å². The summed E-state index contributed by atoms with van der Waals surface area (Å²) in [7, 11) is 1.23. The molecule has 0 aliphatic rings. The van der Waals surface area contributed by atoms with Crippen LogP contribution in [0.2, 0.25) is 0 Å². The number of carbonyl (C=O) groups excluding carboxylic acids is 1. The lowest BCUT2D eigenvalue weighted by molar-refractivity contribution is -0.870. The summed E-state index contributed by atoms with van der Waals surface area (Å²) in [5.41, 5.74) is 0. The van der Waals surface area contributed by atoms with E-state index in [0.717, 1.165) is 57.8 Å². The number of nitrogens with one attached hydrogen (secondary N) is 1. The Balaban J connectivity index is 4.31. The highest BCUT2D eigenvalue weighted by atomic mass is 31.2. The van der Waals surface area contributed by atoms with Gasteiger partial charge in [-0.05, 0) is 64.2 Å². The molecule has 0 aliphatic heterocycles. The Hall–Kier alpha value is -1.54. The first-order chi connectivity index (χ1) is 26.5. The van der Waals surface area contributed by atoms with Crippen molar-refractivity contribution >= 4 is 13.7 Å². The normalized spacial score (nSPS) is 14.8. The average Bonchev–Trinajstić information content (AvgIpc) is 3.13. The maximum atomic E-state index is 12.8. The molecule has 0 spiro atoms. The SMILES string of the molecule is CCCCCC/C=C/CC/C=C/C(O)C(COP(=O)([O-])OCC[N+](C)(C)C)NC(=O)CCCCCCCCC/C=C\C/C=C\CCCCCCCCCCC. The minimum atomic E-state index is -4.59. The number of carbonyl (C=O) groups is 1. The molecule has 0 aromatic rings. The summed E-state index contributed by atoms with van der Waals surface area (Å²) in [5, 5.41) is 13.7. The first-order valence-corrected chi connectivity index (χ1v) is 24.0. The molecular formula is C46H87N2O6P. The molecule has 0 saturated carbocycles. The standard InChI is InChI=1S/C46H87N2O6P/c1-6-8-10-12-14-16-18-19-20-21-22-23-24-25-26-27-28-29-30-32-34-36-38-40-46(50)47-44(43-54-55(51,52)53-42-41-48(3,4)5)45(49)39-37-35-33-31-17-15-13-11-9-7-2/h17,22-23,25-26,31,37,39,44-45,49H,6-16,18-21,24,27-30,32-36,38,40-43H2,1-5H3,(H-,47,50,51,52)/b23-22-,26-25-,31-17+,39-37+.